The van der Waals surface area contributed by atoms with Crippen LogP contribution in [0.4, 0.5) is 15.9 Å². The number of aryl methyl sites for hydroxylation is 1. The number of rotatable bonds is 2. The zero-order valence-corrected chi connectivity index (χ0v) is 11.0. The number of hydrogen-bond donors (Lipinski definition) is 3. The molecule has 94 valence electrons. The van der Waals surface area contributed by atoms with Crippen molar-refractivity contribution < 1.29 is 9.18 Å². The molecule has 2 aromatic rings. The molecule has 1 aromatic heterocycles. The minimum atomic E-state index is -0.491. The summed E-state index contributed by atoms with van der Waals surface area (Å²) in [4.78, 5) is 11.9. The summed E-state index contributed by atoms with van der Waals surface area (Å²) in [5.41, 5.74) is 6.89. The van der Waals surface area contributed by atoms with Crippen molar-refractivity contribution in [2.45, 2.75) is 6.92 Å². The number of nitrogen functional groups attached to an aromatic ring is 1. The van der Waals surface area contributed by atoms with Gasteiger partial charge in [0.2, 0.25) is 0 Å². The van der Waals surface area contributed by atoms with E-state index in [-0.39, 0.29) is 11.4 Å². The molecule has 2 rings (SSSR count). The Bertz CT molecular complexity index is 611. The maximum Gasteiger partial charge on any atom is 0.258 e. The van der Waals surface area contributed by atoms with Gasteiger partial charge in [0.05, 0.1) is 16.9 Å². The molecule has 0 saturated carbocycles. The Morgan fingerprint density at radius 1 is 1.56 bits per heavy atom. The fourth-order valence-electron chi connectivity index (χ4n) is 1.38. The van der Waals surface area contributed by atoms with Crippen LogP contribution in [-0.4, -0.2) is 16.1 Å². The van der Waals surface area contributed by atoms with E-state index in [0.717, 1.165) is 6.07 Å². The molecule has 1 amide bonds. The van der Waals surface area contributed by atoms with Crippen LogP contribution in [0.15, 0.2) is 22.7 Å². The van der Waals surface area contributed by atoms with Gasteiger partial charge < -0.3 is 11.1 Å². The van der Waals surface area contributed by atoms with Crippen molar-refractivity contribution in [1.82, 2.24) is 10.2 Å². The summed E-state index contributed by atoms with van der Waals surface area (Å²) >= 11 is 3.18. The van der Waals surface area contributed by atoms with E-state index in [9.17, 15) is 9.18 Å². The number of benzene rings is 1. The highest BCUT2D eigenvalue weighted by Gasteiger charge is 2.15. The van der Waals surface area contributed by atoms with Gasteiger partial charge in [0, 0.05) is 4.47 Å². The van der Waals surface area contributed by atoms with Crippen LogP contribution in [0.1, 0.15) is 16.1 Å². The third-order valence-electron chi connectivity index (χ3n) is 2.40. The SMILES string of the molecule is Cc1[nH]nc(NC(=O)c2cc(F)ccc2Br)c1N. The van der Waals surface area contributed by atoms with Gasteiger partial charge in [-0.05, 0) is 41.1 Å². The van der Waals surface area contributed by atoms with Gasteiger partial charge in [-0.25, -0.2) is 4.39 Å². The van der Waals surface area contributed by atoms with Gasteiger partial charge in [0.15, 0.2) is 5.82 Å². The first-order chi connectivity index (χ1) is 8.49. The quantitative estimate of drug-likeness (QED) is 0.796. The van der Waals surface area contributed by atoms with E-state index in [4.69, 9.17) is 5.73 Å². The number of nitrogens with two attached hydrogens (primary N) is 1. The summed E-state index contributed by atoms with van der Waals surface area (Å²) in [5, 5.41) is 9.00. The first kappa shape index (κ1) is 12.6. The van der Waals surface area contributed by atoms with E-state index < -0.39 is 11.7 Å². The number of halogens is 2. The summed E-state index contributed by atoms with van der Waals surface area (Å²) in [7, 11) is 0. The average Bonchev–Trinajstić information content (AvgIpc) is 2.64. The number of nitrogens with one attached hydrogen (secondary N) is 2. The molecule has 0 saturated heterocycles. The average molecular weight is 313 g/mol. The fourth-order valence-corrected chi connectivity index (χ4v) is 1.81. The van der Waals surface area contributed by atoms with Crippen molar-refractivity contribution >= 4 is 33.3 Å². The lowest BCUT2D eigenvalue weighted by molar-refractivity contribution is 0.102. The van der Waals surface area contributed by atoms with Crippen molar-refractivity contribution in [2.24, 2.45) is 0 Å². The molecule has 1 heterocycles. The molecule has 7 heteroatoms. The van der Waals surface area contributed by atoms with Crippen molar-refractivity contribution in [3.63, 3.8) is 0 Å². The molecule has 18 heavy (non-hydrogen) atoms. The highest BCUT2D eigenvalue weighted by atomic mass is 79.9. The molecule has 4 N–H and O–H groups in total. The molecule has 0 unspecified atom stereocenters. The maximum absolute atomic E-state index is 13.1. The summed E-state index contributed by atoms with van der Waals surface area (Å²) in [6.07, 6.45) is 0. The number of carbonyl (C=O) groups is 1. The monoisotopic (exact) mass is 312 g/mol. The van der Waals surface area contributed by atoms with E-state index in [1.54, 1.807) is 6.92 Å². The lowest BCUT2D eigenvalue weighted by Crippen LogP contribution is -2.14. The van der Waals surface area contributed by atoms with Crippen LogP contribution in [0.25, 0.3) is 0 Å². The second-order valence-corrected chi connectivity index (χ2v) is 4.54. The summed E-state index contributed by atoms with van der Waals surface area (Å²) < 4.78 is 13.6. The Hall–Kier alpha value is -1.89. The normalized spacial score (nSPS) is 10.4. The predicted octanol–water partition coefficient (Wildman–Crippen LogP) is 2.45. The van der Waals surface area contributed by atoms with E-state index in [1.165, 1.54) is 12.1 Å². The Morgan fingerprint density at radius 2 is 2.28 bits per heavy atom. The number of amides is 1. The Labute approximate surface area is 111 Å². The van der Waals surface area contributed by atoms with Gasteiger partial charge >= 0.3 is 0 Å². The number of carbonyl (C=O) groups excluding carboxylic acids is 1. The molecule has 0 radical (unpaired) electrons. The first-order valence-corrected chi connectivity index (χ1v) is 5.85. The molecule has 0 aliphatic rings. The van der Waals surface area contributed by atoms with E-state index >= 15 is 0 Å². The van der Waals surface area contributed by atoms with Crippen LogP contribution in [0.3, 0.4) is 0 Å². The fraction of sp³-hybridized carbons (Fsp3) is 0.0909. The van der Waals surface area contributed by atoms with Crippen molar-refractivity contribution in [3.8, 4) is 0 Å². The molecule has 0 bridgehead atoms. The smallest absolute Gasteiger partial charge is 0.258 e. The zero-order chi connectivity index (χ0) is 13.3. The van der Waals surface area contributed by atoms with Gasteiger partial charge in [-0.15, -0.1) is 0 Å². The standard InChI is InChI=1S/C11H10BrFN4O/c1-5-9(14)10(17-16-5)15-11(18)7-4-6(13)2-3-8(7)12/h2-4H,14H2,1H3,(H2,15,16,17,18). The maximum atomic E-state index is 13.1. The topological polar surface area (TPSA) is 83.8 Å². The Kier molecular flexibility index (Phi) is 3.33. The van der Waals surface area contributed by atoms with Crippen LogP contribution in [-0.2, 0) is 0 Å². The van der Waals surface area contributed by atoms with Crippen LogP contribution in [0.2, 0.25) is 0 Å². The molecule has 0 fully saturated rings. The summed E-state index contributed by atoms with van der Waals surface area (Å²) in [6.45, 7) is 1.73. The first-order valence-electron chi connectivity index (χ1n) is 5.06. The molecule has 0 aliphatic carbocycles. The molecule has 0 atom stereocenters. The van der Waals surface area contributed by atoms with Crippen LogP contribution in [0.5, 0.6) is 0 Å². The predicted molar refractivity (Wildman–Crippen MR) is 69.8 cm³/mol. The molecule has 0 spiro atoms. The second kappa shape index (κ2) is 4.77. The lowest BCUT2D eigenvalue weighted by Gasteiger charge is -2.05. The molecule has 1 aromatic carbocycles. The van der Waals surface area contributed by atoms with Crippen LogP contribution >= 0.6 is 15.9 Å². The third-order valence-corrected chi connectivity index (χ3v) is 3.09. The highest BCUT2D eigenvalue weighted by Crippen LogP contribution is 2.22. The lowest BCUT2D eigenvalue weighted by atomic mass is 10.2. The van der Waals surface area contributed by atoms with Gasteiger partial charge in [0.25, 0.3) is 5.91 Å². The largest absolute Gasteiger partial charge is 0.394 e. The molecular formula is C11H10BrFN4O. The van der Waals surface area contributed by atoms with Gasteiger partial charge in [-0.2, -0.15) is 5.10 Å². The number of aromatic amines is 1. The molecule has 0 aliphatic heterocycles. The number of anilines is 2. The number of aromatic nitrogens is 2. The van der Waals surface area contributed by atoms with Crippen molar-refractivity contribution in [1.29, 1.82) is 0 Å². The second-order valence-electron chi connectivity index (χ2n) is 3.69. The van der Waals surface area contributed by atoms with Crippen molar-refractivity contribution in [2.75, 3.05) is 11.1 Å². The van der Waals surface area contributed by atoms with Crippen LogP contribution < -0.4 is 11.1 Å². The van der Waals surface area contributed by atoms with E-state index in [0.29, 0.717) is 15.9 Å². The Morgan fingerprint density at radius 3 is 2.89 bits per heavy atom. The van der Waals surface area contributed by atoms with E-state index in [2.05, 4.69) is 31.4 Å². The molecular weight excluding hydrogens is 303 g/mol. The minimum absolute atomic E-state index is 0.176. The third kappa shape index (κ3) is 2.35. The number of hydrogen-bond acceptors (Lipinski definition) is 3. The highest BCUT2D eigenvalue weighted by molar-refractivity contribution is 9.10. The Balaban J connectivity index is 2.27. The molecule has 5 nitrogen and oxygen atoms in total. The van der Waals surface area contributed by atoms with Gasteiger partial charge in [0.1, 0.15) is 5.82 Å². The van der Waals surface area contributed by atoms with Crippen LogP contribution in [0, 0.1) is 12.7 Å². The zero-order valence-electron chi connectivity index (χ0n) is 9.42. The number of H-pyrrole nitrogens is 1. The van der Waals surface area contributed by atoms with Gasteiger partial charge in [-0.3, -0.25) is 9.89 Å². The minimum Gasteiger partial charge on any atom is -0.394 e. The van der Waals surface area contributed by atoms with E-state index in [1.807, 2.05) is 0 Å². The summed E-state index contributed by atoms with van der Waals surface area (Å²) in [5.74, 6) is -0.747. The van der Waals surface area contributed by atoms with Gasteiger partial charge in [-0.1, -0.05) is 0 Å². The summed E-state index contributed by atoms with van der Waals surface area (Å²) in [6, 6.07) is 3.85. The number of nitrogens with zero attached hydrogens (tertiary/aromatic N) is 1. The van der Waals surface area contributed by atoms with Crippen molar-refractivity contribution in [3.05, 3.63) is 39.7 Å².